The van der Waals surface area contributed by atoms with E-state index in [4.69, 9.17) is 10.5 Å². The van der Waals surface area contributed by atoms with Crippen LogP contribution in [0, 0.1) is 6.92 Å². The Labute approximate surface area is 125 Å². The molecule has 2 aliphatic rings. The summed E-state index contributed by atoms with van der Waals surface area (Å²) in [6, 6.07) is 12.7. The summed E-state index contributed by atoms with van der Waals surface area (Å²) in [5.41, 5.74) is 12.2. The third-order valence-corrected chi connectivity index (χ3v) is 4.60. The molecule has 2 aromatic carbocycles. The minimum Gasteiger partial charge on any atom is -0.488 e. The summed E-state index contributed by atoms with van der Waals surface area (Å²) in [5.74, 6) is 1.05. The molecule has 0 fully saturated rings. The van der Waals surface area contributed by atoms with Crippen molar-refractivity contribution in [2.24, 2.45) is 0 Å². The number of rotatable bonds is 2. The van der Waals surface area contributed by atoms with Crippen LogP contribution in [0.15, 0.2) is 36.4 Å². The van der Waals surface area contributed by atoms with Crippen molar-refractivity contribution in [2.45, 2.75) is 25.9 Å². The van der Waals surface area contributed by atoms with Crippen LogP contribution in [0.1, 0.15) is 16.7 Å². The number of para-hydroxylation sites is 1. The van der Waals surface area contributed by atoms with Crippen LogP contribution in [-0.4, -0.2) is 19.2 Å². The fourth-order valence-electron chi connectivity index (χ4n) is 3.43. The molecule has 2 aromatic rings. The molecule has 2 aliphatic heterocycles. The minimum absolute atomic E-state index is 0.246. The lowest BCUT2D eigenvalue weighted by molar-refractivity contribution is 0.238. The Balaban J connectivity index is 1.53. The van der Waals surface area contributed by atoms with E-state index in [-0.39, 0.29) is 6.10 Å². The number of nitrogen functional groups attached to an aromatic ring is 1. The van der Waals surface area contributed by atoms with Crippen molar-refractivity contribution >= 4 is 11.4 Å². The second kappa shape index (κ2) is 4.69. The van der Waals surface area contributed by atoms with E-state index in [1.165, 1.54) is 22.4 Å². The van der Waals surface area contributed by atoms with Gasteiger partial charge in [0.2, 0.25) is 0 Å². The van der Waals surface area contributed by atoms with Gasteiger partial charge in [0.15, 0.2) is 0 Å². The topological polar surface area (TPSA) is 38.5 Å². The van der Waals surface area contributed by atoms with Crippen molar-refractivity contribution in [3.63, 3.8) is 0 Å². The largest absolute Gasteiger partial charge is 0.488 e. The molecule has 3 nitrogen and oxygen atoms in total. The number of benzene rings is 2. The number of nitrogens with zero attached hydrogens (tertiary/aromatic N) is 1. The van der Waals surface area contributed by atoms with Gasteiger partial charge in [-0.15, -0.1) is 0 Å². The highest BCUT2D eigenvalue weighted by Gasteiger charge is 2.28. The highest BCUT2D eigenvalue weighted by molar-refractivity contribution is 5.67. The van der Waals surface area contributed by atoms with Gasteiger partial charge in [-0.2, -0.15) is 0 Å². The van der Waals surface area contributed by atoms with Crippen LogP contribution in [0.4, 0.5) is 11.4 Å². The molecule has 1 atom stereocenters. The van der Waals surface area contributed by atoms with E-state index in [0.717, 1.165) is 37.4 Å². The Morgan fingerprint density at radius 1 is 1.24 bits per heavy atom. The van der Waals surface area contributed by atoms with Crippen molar-refractivity contribution in [3.05, 3.63) is 53.1 Å². The lowest BCUT2D eigenvalue weighted by Crippen LogP contribution is -2.33. The quantitative estimate of drug-likeness (QED) is 0.860. The number of nitrogens with two attached hydrogens (primary N) is 1. The molecule has 1 unspecified atom stereocenters. The van der Waals surface area contributed by atoms with E-state index in [9.17, 15) is 0 Å². The Kier molecular flexibility index (Phi) is 2.81. The maximum absolute atomic E-state index is 6.07. The van der Waals surface area contributed by atoms with Crippen molar-refractivity contribution in [1.82, 2.24) is 0 Å². The molecule has 0 saturated carbocycles. The van der Waals surface area contributed by atoms with Gasteiger partial charge < -0.3 is 15.4 Å². The number of aryl methyl sites for hydroxylation is 1. The van der Waals surface area contributed by atoms with E-state index in [0.29, 0.717) is 0 Å². The summed E-state index contributed by atoms with van der Waals surface area (Å²) >= 11 is 0. The molecule has 2 heterocycles. The van der Waals surface area contributed by atoms with Crippen molar-refractivity contribution in [3.8, 4) is 5.75 Å². The number of hydrogen-bond donors (Lipinski definition) is 1. The van der Waals surface area contributed by atoms with Crippen LogP contribution in [0.3, 0.4) is 0 Å². The number of anilines is 2. The number of hydrogen-bond acceptors (Lipinski definition) is 3. The minimum atomic E-state index is 0.246. The first kappa shape index (κ1) is 12.6. The number of ether oxygens (including phenoxy) is 1. The van der Waals surface area contributed by atoms with Crippen molar-refractivity contribution in [1.29, 1.82) is 0 Å². The lowest BCUT2D eigenvalue weighted by Gasteiger charge is -2.23. The smallest absolute Gasteiger partial charge is 0.123 e. The Morgan fingerprint density at radius 3 is 2.95 bits per heavy atom. The second-order valence-electron chi connectivity index (χ2n) is 6.09. The zero-order valence-corrected chi connectivity index (χ0v) is 12.3. The molecule has 3 heteroatoms. The first-order valence-corrected chi connectivity index (χ1v) is 7.59. The Bertz CT molecular complexity index is 671. The fourth-order valence-corrected chi connectivity index (χ4v) is 3.43. The summed E-state index contributed by atoms with van der Waals surface area (Å²) in [4.78, 5) is 2.42. The van der Waals surface area contributed by atoms with Gasteiger partial charge in [0.25, 0.3) is 0 Å². The van der Waals surface area contributed by atoms with Crippen LogP contribution in [0.5, 0.6) is 5.75 Å². The van der Waals surface area contributed by atoms with Crippen molar-refractivity contribution < 1.29 is 4.74 Å². The van der Waals surface area contributed by atoms with Crippen LogP contribution in [-0.2, 0) is 12.8 Å². The third-order valence-electron chi connectivity index (χ3n) is 4.60. The molecule has 0 amide bonds. The SMILES string of the molecule is Cc1cc2c(cc1N)N(CC1Cc3ccccc3O1)CC2. The van der Waals surface area contributed by atoms with E-state index in [1.807, 2.05) is 6.07 Å². The zero-order chi connectivity index (χ0) is 14.4. The van der Waals surface area contributed by atoms with E-state index in [2.05, 4.69) is 42.2 Å². The Hall–Kier alpha value is -2.16. The molecule has 21 heavy (non-hydrogen) atoms. The highest BCUT2D eigenvalue weighted by Crippen LogP contribution is 2.34. The molecule has 0 bridgehead atoms. The standard InChI is InChI=1S/C18H20N2O/c1-12-8-13-6-7-20(17(13)10-16(12)19)11-15-9-14-4-2-3-5-18(14)21-15/h2-5,8,10,15H,6-7,9,11,19H2,1H3. The van der Waals surface area contributed by atoms with Gasteiger partial charge in [-0.25, -0.2) is 0 Å². The summed E-state index contributed by atoms with van der Waals surface area (Å²) in [5, 5.41) is 0. The predicted octanol–water partition coefficient (Wildman–Crippen LogP) is 2.94. The molecule has 0 aliphatic carbocycles. The highest BCUT2D eigenvalue weighted by atomic mass is 16.5. The summed E-state index contributed by atoms with van der Waals surface area (Å²) < 4.78 is 6.06. The summed E-state index contributed by atoms with van der Waals surface area (Å²) in [6.07, 6.45) is 2.36. The van der Waals surface area contributed by atoms with Crippen LogP contribution in [0.25, 0.3) is 0 Å². The van der Waals surface area contributed by atoms with Crippen LogP contribution >= 0.6 is 0 Å². The Morgan fingerprint density at radius 2 is 2.10 bits per heavy atom. The molecule has 0 aromatic heterocycles. The molecule has 2 N–H and O–H groups in total. The van der Waals surface area contributed by atoms with E-state index < -0.39 is 0 Å². The molecule has 108 valence electrons. The maximum Gasteiger partial charge on any atom is 0.123 e. The van der Waals surface area contributed by atoms with Gasteiger partial charge in [-0.05, 0) is 42.2 Å². The average Bonchev–Trinajstić information content (AvgIpc) is 3.04. The van der Waals surface area contributed by atoms with Gasteiger partial charge in [-0.3, -0.25) is 0 Å². The normalized spacial score (nSPS) is 19.3. The van der Waals surface area contributed by atoms with Gasteiger partial charge in [0.1, 0.15) is 11.9 Å². The second-order valence-corrected chi connectivity index (χ2v) is 6.09. The summed E-state index contributed by atoms with van der Waals surface area (Å²) in [7, 11) is 0. The third kappa shape index (κ3) is 2.13. The molecule has 4 rings (SSSR count). The lowest BCUT2D eigenvalue weighted by atomic mass is 10.1. The first-order valence-electron chi connectivity index (χ1n) is 7.59. The number of fused-ring (bicyclic) bond motifs is 2. The van der Waals surface area contributed by atoms with E-state index in [1.54, 1.807) is 0 Å². The predicted molar refractivity (Wildman–Crippen MR) is 86.1 cm³/mol. The monoisotopic (exact) mass is 280 g/mol. The average molecular weight is 280 g/mol. The molecule has 0 spiro atoms. The van der Waals surface area contributed by atoms with Gasteiger partial charge in [0, 0.05) is 24.3 Å². The molecular weight excluding hydrogens is 260 g/mol. The van der Waals surface area contributed by atoms with Gasteiger partial charge in [0.05, 0.1) is 6.54 Å². The summed E-state index contributed by atoms with van der Waals surface area (Å²) in [6.45, 7) is 4.08. The zero-order valence-electron chi connectivity index (χ0n) is 12.3. The van der Waals surface area contributed by atoms with Crippen LogP contribution < -0.4 is 15.4 Å². The molecule has 0 saturated heterocycles. The van der Waals surface area contributed by atoms with Crippen LogP contribution in [0.2, 0.25) is 0 Å². The maximum atomic E-state index is 6.07. The van der Waals surface area contributed by atoms with E-state index >= 15 is 0 Å². The molecular formula is C18H20N2O. The fraction of sp³-hybridized carbons (Fsp3) is 0.333. The van der Waals surface area contributed by atoms with Gasteiger partial charge in [-0.1, -0.05) is 24.3 Å². The first-order chi connectivity index (χ1) is 10.2. The van der Waals surface area contributed by atoms with Crippen molar-refractivity contribution in [2.75, 3.05) is 23.7 Å². The molecule has 0 radical (unpaired) electrons. The van der Waals surface area contributed by atoms with Gasteiger partial charge >= 0.3 is 0 Å².